The fraction of sp³-hybridized carbons (Fsp3) is 0.133. The molecule has 0 bridgehead atoms. The molecule has 3 aromatic rings. The number of urea groups is 1. The highest BCUT2D eigenvalue weighted by Gasteiger charge is 2.38. The number of nitrogens with zero attached hydrogens (tertiary/aromatic N) is 3. The molecule has 0 spiro atoms. The van der Waals surface area contributed by atoms with Gasteiger partial charge in [-0.1, -0.05) is 17.7 Å². The second-order valence-corrected chi connectivity index (χ2v) is 5.47. The first-order valence-electron chi connectivity index (χ1n) is 6.91. The van der Waals surface area contributed by atoms with Gasteiger partial charge in [0.1, 0.15) is 0 Å². The van der Waals surface area contributed by atoms with Crippen LogP contribution in [0.1, 0.15) is 0 Å². The van der Waals surface area contributed by atoms with Crippen molar-refractivity contribution in [1.82, 2.24) is 9.66 Å². The summed E-state index contributed by atoms with van der Waals surface area (Å²) in [6, 6.07) is 6.89. The molecule has 0 fully saturated rings. The minimum absolute atomic E-state index is 0.553. The van der Waals surface area contributed by atoms with Crippen LogP contribution in [0, 0.1) is 0 Å². The van der Waals surface area contributed by atoms with E-state index in [9.17, 15) is 18.0 Å². The van der Waals surface area contributed by atoms with E-state index in [1.165, 1.54) is 5.01 Å². The molecule has 26 heavy (non-hydrogen) atoms. The van der Waals surface area contributed by atoms with E-state index in [1.807, 2.05) is 18.2 Å². The minimum atomic E-state index is -5.08. The van der Waals surface area contributed by atoms with Gasteiger partial charge >= 0.3 is 18.2 Å². The number of halogens is 4. The van der Waals surface area contributed by atoms with Crippen molar-refractivity contribution < 1.29 is 27.9 Å². The highest BCUT2D eigenvalue weighted by Crippen LogP contribution is 2.30. The first kappa shape index (κ1) is 19.3. The number of pyridine rings is 1. The van der Waals surface area contributed by atoms with E-state index < -0.39 is 18.2 Å². The number of hydrogen-bond acceptors (Lipinski definition) is 3. The summed E-state index contributed by atoms with van der Waals surface area (Å²) in [5, 5.41) is 11.1. The first-order valence-corrected chi connectivity index (χ1v) is 7.29. The summed E-state index contributed by atoms with van der Waals surface area (Å²) in [5.41, 5.74) is 6.98. The van der Waals surface area contributed by atoms with Gasteiger partial charge in [0.15, 0.2) is 0 Å². The van der Waals surface area contributed by atoms with E-state index in [0.717, 1.165) is 21.8 Å². The molecule has 0 saturated carbocycles. The zero-order chi connectivity index (χ0) is 19.6. The second-order valence-electron chi connectivity index (χ2n) is 5.03. The van der Waals surface area contributed by atoms with Crippen LogP contribution < -0.4 is 10.7 Å². The number of carboxylic acid groups (broad SMARTS) is 1. The fourth-order valence-corrected chi connectivity index (χ4v) is 2.41. The molecule has 7 nitrogen and oxygen atoms in total. The van der Waals surface area contributed by atoms with Gasteiger partial charge in [0.05, 0.1) is 17.2 Å². The zero-order valence-electron chi connectivity index (χ0n) is 13.2. The molecule has 0 radical (unpaired) electrons. The Balaban J connectivity index is 0.000000298. The smallest absolute Gasteiger partial charge is 0.475 e. The summed E-state index contributed by atoms with van der Waals surface area (Å²) in [6.45, 7) is 0. The van der Waals surface area contributed by atoms with Gasteiger partial charge < -0.3 is 10.8 Å². The lowest BCUT2D eigenvalue weighted by atomic mass is 10.2. The molecule has 1 aromatic carbocycles. The average molecular weight is 389 g/mol. The number of carbonyl (C=O) groups is 2. The van der Waals surface area contributed by atoms with Gasteiger partial charge in [-0.2, -0.15) is 13.2 Å². The molecule has 3 rings (SSSR count). The van der Waals surface area contributed by atoms with E-state index in [1.54, 1.807) is 30.2 Å². The number of aromatic nitrogens is 2. The number of hydrogen-bond donors (Lipinski definition) is 2. The quantitative estimate of drug-likeness (QED) is 0.668. The van der Waals surface area contributed by atoms with Crippen molar-refractivity contribution in [3.05, 3.63) is 41.7 Å². The number of rotatable bonds is 1. The van der Waals surface area contributed by atoms with Gasteiger partial charge in [0.25, 0.3) is 0 Å². The molecule has 0 unspecified atom stereocenters. The largest absolute Gasteiger partial charge is 0.490 e. The molecule has 2 aromatic heterocycles. The molecule has 0 atom stereocenters. The van der Waals surface area contributed by atoms with Crippen LogP contribution in [0.2, 0.25) is 5.02 Å². The lowest BCUT2D eigenvalue weighted by Crippen LogP contribution is -2.40. The van der Waals surface area contributed by atoms with Gasteiger partial charge in [0.2, 0.25) is 0 Å². The van der Waals surface area contributed by atoms with Gasteiger partial charge in [-0.3, -0.25) is 4.98 Å². The van der Waals surface area contributed by atoms with Crippen LogP contribution in [-0.4, -0.2) is 40.0 Å². The number of fused-ring (bicyclic) bond motifs is 3. The minimum Gasteiger partial charge on any atom is -0.475 e. The molecule has 0 aliphatic carbocycles. The maximum Gasteiger partial charge on any atom is 0.490 e. The van der Waals surface area contributed by atoms with Crippen LogP contribution in [0.5, 0.6) is 0 Å². The highest BCUT2D eigenvalue weighted by molar-refractivity contribution is 6.31. The molecule has 2 heterocycles. The second kappa shape index (κ2) is 7.08. The predicted molar refractivity (Wildman–Crippen MR) is 89.7 cm³/mol. The molecule has 3 N–H and O–H groups in total. The summed E-state index contributed by atoms with van der Waals surface area (Å²) in [6.07, 6.45) is -1.67. The highest BCUT2D eigenvalue weighted by atomic mass is 35.5. The number of alkyl halides is 3. The maximum atomic E-state index is 11.4. The Morgan fingerprint density at radius 1 is 1.23 bits per heavy atom. The molecule has 0 aliphatic heterocycles. The number of carbonyl (C=O) groups excluding carboxylic acids is 1. The Bertz CT molecular complexity index is 987. The SMILES string of the molecule is CN(C(N)=O)n1c2cnccc2c2ccc(Cl)cc21.O=C(O)C(F)(F)F. The van der Waals surface area contributed by atoms with E-state index in [-0.39, 0.29) is 0 Å². The Hall–Kier alpha value is -3.01. The molecule has 0 aliphatic rings. The lowest BCUT2D eigenvalue weighted by molar-refractivity contribution is -0.192. The number of primary amides is 1. The van der Waals surface area contributed by atoms with Crippen molar-refractivity contribution >= 4 is 45.4 Å². The van der Waals surface area contributed by atoms with Crippen LogP contribution >= 0.6 is 11.6 Å². The predicted octanol–water partition coefficient (Wildman–Crippen LogP) is 3.12. The number of benzene rings is 1. The van der Waals surface area contributed by atoms with Gasteiger partial charge in [-0.15, -0.1) is 0 Å². The number of carboxylic acids is 1. The molecule has 11 heteroatoms. The fourth-order valence-electron chi connectivity index (χ4n) is 2.24. The molecule has 2 amide bonds. The Morgan fingerprint density at radius 3 is 2.35 bits per heavy atom. The lowest BCUT2D eigenvalue weighted by Gasteiger charge is -2.18. The van der Waals surface area contributed by atoms with Crippen molar-refractivity contribution in [1.29, 1.82) is 0 Å². The third-order valence-corrected chi connectivity index (χ3v) is 3.60. The standard InChI is InChI=1S/C13H11ClN4O.C2HF3O2/c1-17(13(15)19)18-11-6-8(14)2-3-9(11)10-4-5-16-7-12(10)18;3-2(4,5)1(6)7/h2-7H,1H3,(H2,15,19);(H,6,7). The van der Waals surface area contributed by atoms with Gasteiger partial charge in [-0.25, -0.2) is 19.3 Å². The summed E-state index contributed by atoms with van der Waals surface area (Å²) in [5.74, 6) is -2.76. The summed E-state index contributed by atoms with van der Waals surface area (Å²) >= 11 is 6.04. The van der Waals surface area contributed by atoms with E-state index >= 15 is 0 Å². The Kier molecular flexibility index (Phi) is 5.26. The van der Waals surface area contributed by atoms with E-state index in [0.29, 0.717) is 5.02 Å². The van der Waals surface area contributed by atoms with Crippen LogP contribution in [-0.2, 0) is 4.79 Å². The molecule has 0 saturated heterocycles. The van der Waals surface area contributed by atoms with Crippen molar-refractivity contribution in [3.8, 4) is 0 Å². The summed E-state index contributed by atoms with van der Waals surface area (Å²) in [7, 11) is 1.61. The molecule has 138 valence electrons. The molecular formula is C15H12ClF3N4O3. The maximum absolute atomic E-state index is 11.4. The number of aliphatic carboxylic acids is 1. The van der Waals surface area contributed by atoms with Crippen LogP contribution in [0.3, 0.4) is 0 Å². The summed E-state index contributed by atoms with van der Waals surface area (Å²) < 4.78 is 33.5. The van der Waals surface area contributed by atoms with Crippen molar-refractivity contribution in [3.63, 3.8) is 0 Å². The number of nitrogens with two attached hydrogens (primary N) is 1. The third-order valence-electron chi connectivity index (χ3n) is 3.37. The normalized spacial score (nSPS) is 11.1. The van der Waals surface area contributed by atoms with Crippen LogP contribution in [0.4, 0.5) is 18.0 Å². The van der Waals surface area contributed by atoms with Crippen LogP contribution in [0.15, 0.2) is 36.7 Å². The van der Waals surface area contributed by atoms with Crippen LogP contribution in [0.25, 0.3) is 21.8 Å². The van der Waals surface area contributed by atoms with E-state index in [4.69, 9.17) is 27.2 Å². The zero-order valence-corrected chi connectivity index (χ0v) is 13.9. The first-order chi connectivity index (χ1) is 12.0. The topological polar surface area (TPSA) is 101 Å². The monoisotopic (exact) mass is 388 g/mol. The molecular weight excluding hydrogens is 377 g/mol. The number of amides is 2. The Morgan fingerprint density at radius 2 is 1.81 bits per heavy atom. The van der Waals surface area contributed by atoms with Gasteiger partial charge in [-0.05, 0) is 18.2 Å². The Labute approximate surface area is 149 Å². The third kappa shape index (κ3) is 3.80. The van der Waals surface area contributed by atoms with Crippen molar-refractivity contribution in [2.45, 2.75) is 6.18 Å². The van der Waals surface area contributed by atoms with Crippen molar-refractivity contribution in [2.24, 2.45) is 5.73 Å². The summed E-state index contributed by atoms with van der Waals surface area (Å²) in [4.78, 5) is 24.4. The van der Waals surface area contributed by atoms with Crippen molar-refractivity contribution in [2.75, 3.05) is 12.1 Å². The van der Waals surface area contributed by atoms with E-state index in [2.05, 4.69) is 4.98 Å². The van der Waals surface area contributed by atoms with Gasteiger partial charge in [0, 0.05) is 29.0 Å². The average Bonchev–Trinajstić information content (AvgIpc) is 2.87.